The summed E-state index contributed by atoms with van der Waals surface area (Å²) in [6.07, 6.45) is 3.80. The number of nitriles is 1. The van der Waals surface area contributed by atoms with E-state index in [4.69, 9.17) is 5.26 Å². The third-order valence-corrected chi connectivity index (χ3v) is 3.51. The summed E-state index contributed by atoms with van der Waals surface area (Å²) in [5.41, 5.74) is 1.08. The Hall–Kier alpha value is -1.44. The lowest BCUT2D eigenvalue weighted by molar-refractivity contribution is 0.331. The van der Waals surface area contributed by atoms with Crippen LogP contribution in [0.2, 0.25) is 0 Å². The highest BCUT2D eigenvalue weighted by Crippen LogP contribution is 2.09. The topological polar surface area (TPSA) is 39.1 Å². The van der Waals surface area contributed by atoms with Crippen molar-refractivity contribution in [2.24, 2.45) is 0 Å². The van der Waals surface area contributed by atoms with Crippen LogP contribution in [-0.2, 0) is 6.54 Å². The molecule has 0 radical (unpaired) electrons. The Morgan fingerprint density at radius 1 is 1.32 bits per heavy atom. The standard InChI is InChI=1S/C15H20FN3/c16-15-5-4-13(10-14(15)11-17)12-18-6-3-9-19-7-1-2-8-19/h4-5,10,18H,1-3,6-9,12H2. The SMILES string of the molecule is N#Cc1cc(CNCCCN2CCCC2)ccc1F. The number of nitrogens with zero attached hydrogens (tertiary/aromatic N) is 2. The van der Waals surface area contributed by atoms with Crippen LogP contribution in [0.3, 0.4) is 0 Å². The Kier molecular flexibility index (Phi) is 5.31. The van der Waals surface area contributed by atoms with Crippen LogP contribution in [0, 0.1) is 17.1 Å². The minimum absolute atomic E-state index is 0.122. The highest BCUT2D eigenvalue weighted by atomic mass is 19.1. The van der Waals surface area contributed by atoms with Crippen LogP contribution in [-0.4, -0.2) is 31.1 Å². The van der Waals surface area contributed by atoms with Gasteiger partial charge in [0.25, 0.3) is 0 Å². The van der Waals surface area contributed by atoms with Crippen LogP contribution in [0.5, 0.6) is 0 Å². The molecule has 3 nitrogen and oxygen atoms in total. The first-order valence-corrected chi connectivity index (χ1v) is 6.91. The molecule has 1 N–H and O–H groups in total. The zero-order valence-electron chi connectivity index (χ0n) is 11.2. The van der Waals surface area contributed by atoms with Gasteiger partial charge in [-0.2, -0.15) is 5.26 Å². The molecule has 0 aliphatic carbocycles. The van der Waals surface area contributed by atoms with Crippen LogP contribution in [0.4, 0.5) is 4.39 Å². The van der Waals surface area contributed by atoms with Gasteiger partial charge in [-0.3, -0.25) is 0 Å². The van der Waals surface area contributed by atoms with E-state index in [0.717, 1.165) is 25.1 Å². The van der Waals surface area contributed by atoms with Gasteiger partial charge in [-0.15, -0.1) is 0 Å². The smallest absolute Gasteiger partial charge is 0.140 e. The van der Waals surface area contributed by atoms with E-state index in [9.17, 15) is 4.39 Å². The molecule has 0 atom stereocenters. The van der Waals surface area contributed by atoms with E-state index in [1.54, 1.807) is 12.1 Å². The molecular weight excluding hydrogens is 241 g/mol. The number of rotatable bonds is 6. The molecule has 19 heavy (non-hydrogen) atoms. The summed E-state index contributed by atoms with van der Waals surface area (Å²) in [6.45, 7) is 5.28. The van der Waals surface area contributed by atoms with E-state index >= 15 is 0 Å². The van der Waals surface area contributed by atoms with Gasteiger partial charge < -0.3 is 10.2 Å². The first-order chi connectivity index (χ1) is 9.29. The number of halogens is 1. The van der Waals surface area contributed by atoms with E-state index < -0.39 is 5.82 Å². The van der Waals surface area contributed by atoms with Gasteiger partial charge in [-0.25, -0.2) is 4.39 Å². The van der Waals surface area contributed by atoms with E-state index in [-0.39, 0.29) is 5.56 Å². The first kappa shape index (κ1) is 14.0. The van der Waals surface area contributed by atoms with Gasteiger partial charge in [0.2, 0.25) is 0 Å². The van der Waals surface area contributed by atoms with Crippen LogP contribution in [0.15, 0.2) is 18.2 Å². The molecule has 2 rings (SSSR count). The lowest BCUT2D eigenvalue weighted by atomic mass is 10.1. The quantitative estimate of drug-likeness (QED) is 0.798. The van der Waals surface area contributed by atoms with Crippen molar-refractivity contribution in [2.45, 2.75) is 25.8 Å². The summed E-state index contributed by atoms with van der Waals surface area (Å²) < 4.78 is 13.1. The first-order valence-electron chi connectivity index (χ1n) is 6.91. The monoisotopic (exact) mass is 261 g/mol. The zero-order valence-corrected chi connectivity index (χ0v) is 11.2. The van der Waals surface area contributed by atoms with Crippen molar-refractivity contribution in [3.63, 3.8) is 0 Å². The van der Waals surface area contributed by atoms with Crippen LogP contribution in [0.1, 0.15) is 30.4 Å². The molecule has 1 aliphatic rings. The lowest BCUT2D eigenvalue weighted by Crippen LogP contribution is -2.24. The Balaban J connectivity index is 1.66. The van der Waals surface area contributed by atoms with E-state index in [1.807, 2.05) is 6.07 Å². The van der Waals surface area contributed by atoms with Crippen molar-refractivity contribution in [2.75, 3.05) is 26.2 Å². The Labute approximate surface area is 114 Å². The summed E-state index contributed by atoms with van der Waals surface area (Å²) in [5.74, 6) is -0.444. The molecule has 0 spiro atoms. The molecule has 0 bridgehead atoms. The van der Waals surface area contributed by atoms with Gasteiger partial charge in [0.05, 0.1) is 5.56 Å². The molecule has 0 unspecified atom stereocenters. The highest BCUT2D eigenvalue weighted by molar-refractivity contribution is 5.34. The van der Waals surface area contributed by atoms with Crippen molar-refractivity contribution in [1.29, 1.82) is 5.26 Å². The molecule has 1 saturated heterocycles. The Morgan fingerprint density at radius 3 is 2.84 bits per heavy atom. The average molecular weight is 261 g/mol. The summed E-state index contributed by atoms with van der Waals surface area (Å²) in [7, 11) is 0. The Bertz CT molecular complexity index is 447. The fraction of sp³-hybridized carbons (Fsp3) is 0.533. The minimum Gasteiger partial charge on any atom is -0.313 e. The lowest BCUT2D eigenvalue weighted by Gasteiger charge is -2.14. The summed E-state index contributed by atoms with van der Waals surface area (Å²) in [4.78, 5) is 2.49. The van der Waals surface area contributed by atoms with E-state index in [1.165, 1.54) is 32.0 Å². The fourth-order valence-electron chi connectivity index (χ4n) is 2.43. The molecule has 4 heteroatoms. The molecule has 102 valence electrons. The van der Waals surface area contributed by atoms with Gasteiger partial charge >= 0.3 is 0 Å². The van der Waals surface area contributed by atoms with Gasteiger partial charge in [0.15, 0.2) is 0 Å². The maximum atomic E-state index is 13.1. The van der Waals surface area contributed by atoms with Crippen molar-refractivity contribution in [3.8, 4) is 6.07 Å². The normalized spacial score (nSPS) is 15.6. The second-order valence-electron chi connectivity index (χ2n) is 5.01. The van der Waals surface area contributed by atoms with Crippen molar-refractivity contribution < 1.29 is 4.39 Å². The molecule has 1 heterocycles. The number of nitrogens with one attached hydrogen (secondary N) is 1. The second kappa shape index (κ2) is 7.22. The zero-order chi connectivity index (χ0) is 13.5. The van der Waals surface area contributed by atoms with Gasteiger partial charge in [0.1, 0.15) is 11.9 Å². The third kappa shape index (κ3) is 4.30. The predicted octanol–water partition coefficient (Wildman–Crippen LogP) is 2.27. The molecule has 0 saturated carbocycles. The third-order valence-electron chi connectivity index (χ3n) is 3.51. The van der Waals surface area contributed by atoms with Crippen molar-refractivity contribution in [1.82, 2.24) is 10.2 Å². The number of likely N-dealkylation sites (tertiary alicyclic amines) is 1. The molecule has 1 aromatic carbocycles. The van der Waals surface area contributed by atoms with Crippen LogP contribution >= 0.6 is 0 Å². The summed E-state index contributed by atoms with van der Waals surface area (Å²) >= 11 is 0. The van der Waals surface area contributed by atoms with E-state index in [0.29, 0.717) is 6.54 Å². The molecule has 1 aromatic rings. The van der Waals surface area contributed by atoms with Crippen LogP contribution < -0.4 is 5.32 Å². The summed E-state index contributed by atoms with van der Waals surface area (Å²) in [6, 6.07) is 6.57. The number of hydrogen-bond donors (Lipinski definition) is 1. The van der Waals surface area contributed by atoms with Crippen molar-refractivity contribution in [3.05, 3.63) is 35.1 Å². The molecule has 1 aliphatic heterocycles. The predicted molar refractivity (Wildman–Crippen MR) is 73.1 cm³/mol. The van der Waals surface area contributed by atoms with Gasteiger partial charge in [-0.1, -0.05) is 6.07 Å². The highest BCUT2D eigenvalue weighted by Gasteiger charge is 2.09. The minimum atomic E-state index is -0.444. The Morgan fingerprint density at radius 2 is 2.11 bits per heavy atom. The molecular formula is C15H20FN3. The second-order valence-corrected chi connectivity index (χ2v) is 5.01. The number of hydrogen-bond acceptors (Lipinski definition) is 3. The molecule has 1 fully saturated rings. The van der Waals surface area contributed by atoms with Gasteiger partial charge in [-0.05, 0) is 63.1 Å². The molecule has 0 amide bonds. The average Bonchev–Trinajstić information content (AvgIpc) is 2.93. The largest absolute Gasteiger partial charge is 0.313 e. The van der Waals surface area contributed by atoms with Crippen LogP contribution in [0.25, 0.3) is 0 Å². The number of benzene rings is 1. The van der Waals surface area contributed by atoms with E-state index in [2.05, 4.69) is 10.2 Å². The van der Waals surface area contributed by atoms with Crippen molar-refractivity contribution >= 4 is 0 Å². The maximum Gasteiger partial charge on any atom is 0.140 e. The summed E-state index contributed by atoms with van der Waals surface area (Å²) in [5, 5.41) is 12.1. The van der Waals surface area contributed by atoms with Gasteiger partial charge in [0, 0.05) is 6.54 Å². The fourth-order valence-corrected chi connectivity index (χ4v) is 2.43. The molecule has 0 aromatic heterocycles. The maximum absolute atomic E-state index is 13.1.